The van der Waals surface area contributed by atoms with Crippen molar-refractivity contribution in [3.63, 3.8) is 0 Å². The van der Waals surface area contributed by atoms with Crippen LogP contribution >= 0.6 is 24.0 Å². The third kappa shape index (κ3) is 7.52. The Labute approximate surface area is 202 Å². The second kappa shape index (κ2) is 12.7. The van der Waals surface area contributed by atoms with Gasteiger partial charge in [-0.1, -0.05) is 24.3 Å². The summed E-state index contributed by atoms with van der Waals surface area (Å²) in [5, 5.41) is 6.16. The fourth-order valence-electron chi connectivity index (χ4n) is 3.90. The molecular weight excluding hydrogens is 503 g/mol. The van der Waals surface area contributed by atoms with Crippen LogP contribution in [-0.4, -0.2) is 53.0 Å². The quantitative estimate of drug-likeness (QED) is 0.323. The molecule has 2 N–H and O–H groups in total. The minimum Gasteiger partial charge on any atom is -0.359 e. The van der Waals surface area contributed by atoms with Gasteiger partial charge in [-0.2, -0.15) is 0 Å². The first-order valence-electron chi connectivity index (χ1n) is 10.9. The van der Waals surface area contributed by atoms with E-state index in [9.17, 15) is 4.79 Å². The van der Waals surface area contributed by atoms with Crippen molar-refractivity contribution in [1.82, 2.24) is 25.1 Å². The van der Waals surface area contributed by atoms with E-state index in [0.29, 0.717) is 18.9 Å². The molecule has 0 unspecified atom stereocenters. The summed E-state index contributed by atoms with van der Waals surface area (Å²) >= 11 is 0. The van der Waals surface area contributed by atoms with Gasteiger partial charge in [-0.3, -0.25) is 4.79 Å². The van der Waals surface area contributed by atoms with E-state index in [2.05, 4.69) is 56.3 Å². The highest BCUT2D eigenvalue weighted by Crippen LogP contribution is 2.20. The minimum absolute atomic E-state index is 0. The van der Waals surface area contributed by atoms with Crippen molar-refractivity contribution in [2.24, 2.45) is 10.9 Å². The zero-order chi connectivity index (χ0) is 21.3. The molecule has 1 aliphatic rings. The van der Waals surface area contributed by atoms with E-state index in [1.807, 2.05) is 19.3 Å². The number of rotatable bonds is 7. The van der Waals surface area contributed by atoms with Gasteiger partial charge in [0.15, 0.2) is 5.96 Å². The summed E-state index contributed by atoms with van der Waals surface area (Å²) in [6, 6.07) is 8.60. The summed E-state index contributed by atoms with van der Waals surface area (Å²) in [6.45, 7) is 8.31. The van der Waals surface area contributed by atoms with Crippen LogP contribution in [0.2, 0.25) is 0 Å². The van der Waals surface area contributed by atoms with Gasteiger partial charge in [0.05, 0.1) is 6.54 Å². The maximum Gasteiger partial charge on any atom is 0.220 e. The standard InChI is InChI=1S/C23H34N6O.HI/c1-4-25-23(28-11-8-19(9-12-28)15-22(30)24-3)27-16-20-6-5-7-21(14-20)17-29-13-10-26-18(29)2;/h5-7,10,13-14,19H,4,8-9,11-12,15-17H2,1-3H3,(H,24,30)(H,25,27);1H. The summed E-state index contributed by atoms with van der Waals surface area (Å²) in [5.74, 6) is 2.59. The summed E-state index contributed by atoms with van der Waals surface area (Å²) in [7, 11) is 1.71. The van der Waals surface area contributed by atoms with Crippen molar-refractivity contribution in [3.05, 3.63) is 53.6 Å². The third-order valence-corrected chi connectivity index (χ3v) is 5.68. The highest BCUT2D eigenvalue weighted by atomic mass is 127. The minimum atomic E-state index is 0. The van der Waals surface area contributed by atoms with E-state index in [-0.39, 0.29) is 29.9 Å². The SMILES string of the molecule is CCNC(=NCc1cccc(Cn2ccnc2C)c1)N1CCC(CC(=O)NC)CC1.I. The second-order valence-electron chi connectivity index (χ2n) is 7.90. The number of likely N-dealkylation sites (tertiary alicyclic amines) is 1. The first-order chi connectivity index (χ1) is 14.6. The molecule has 0 radical (unpaired) electrons. The molecule has 1 aromatic heterocycles. The number of benzene rings is 1. The number of halogens is 1. The number of nitrogens with zero attached hydrogens (tertiary/aromatic N) is 4. The van der Waals surface area contributed by atoms with Crippen LogP contribution in [0.25, 0.3) is 0 Å². The number of piperidine rings is 1. The Morgan fingerprint density at radius 1 is 1.26 bits per heavy atom. The van der Waals surface area contributed by atoms with Crippen LogP contribution in [0.1, 0.15) is 43.1 Å². The predicted molar refractivity (Wildman–Crippen MR) is 136 cm³/mol. The Balaban J connectivity index is 0.00000341. The van der Waals surface area contributed by atoms with Gasteiger partial charge in [0.25, 0.3) is 0 Å². The van der Waals surface area contributed by atoms with Crippen LogP contribution in [0.15, 0.2) is 41.7 Å². The lowest BCUT2D eigenvalue weighted by Crippen LogP contribution is -2.46. The zero-order valence-corrected chi connectivity index (χ0v) is 21.1. The second-order valence-corrected chi connectivity index (χ2v) is 7.90. The average molecular weight is 538 g/mol. The number of carbonyl (C=O) groups excluding carboxylic acids is 1. The number of hydrogen-bond acceptors (Lipinski definition) is 3. The average Bonchev–Trinajstić information content (AvgIpc) is 3.16. The van der Waals surface area contributed by atoms with Gasteiger partial charge in [0, 0.05) is 52.0 Å². The van der Waals surface area contributed by atoms with Crippen LogP contribution in [0.5, 0.6) is 0 Å². The van der Waals surface area contributed by atoms with Gasteiger partial charge < -0.3 is 20.1 Å². The molecule has 3 rings (SSSR count). The maximum absolute atomic E-state index is 11.6. The molecule has 0 aliphatic carbocycles. The van der Waals surface area contributed by atoms with E-state index >= 15 is 0 Å². The van der Waals surface area contributed by atoms with Crippen LogP contribution < -0.4 is 10.6 Å². The van der Waals surface area contributed by atoms with Gasteiger partial charge >= 0.3 is 0 Å². The molecule has 0 atom stereocenters. The molecule has 2 aromatic rings. The number of guanidine groups is 1. The normalized spacial score (nSPS) is 14.8. The summed E-state index contributed by atoms with van der Waals surface area (Å²) in [6.07, 6.45) is 6.53. The van der Waals surface area contributed by atoms with E-state index in [1.165, 1.54) is 11.1 Å². The Morgan fingerprint density at radius 3 is 2.65 bits per heavy atom. The van der Waals surface area contributed by atoms with Crippen molar-refractivity contribution in [3.8, 4) is 0 Å². The summed E-state index contributed by atoms with van der Waals surface area (Å²) in [5.41, 5.74) is 2.46. The summed E-state index contributed by atoms with van der Waals surface area (Å²) in [4.78, 5) is 23.2. The molecule has 1 amide bonds. The fraction of sp³-hybridized carbons (Fsp3) is 0.522. The van der Waals surface area contributed by atoms with Crippen molar-refractivity contribution >= 4 is 35.8 Å². The van der Waals surface area contributed by atoms with Crippen molar-refractivity contribution in [1.29, 1.82) is 0 Å². The number of carbonyl (C=O) groups is 1. The van der Waals surface area contributed by atoms with Gasteiger partial charge in [-0.15, -0.1) is 24.0 Å². The number of aryl methyl sites for hydroxylation is 1. The lowest BCUT2D eigenvalue weighted by molar-refractivity contribution is -0.121. The Bertz CT molecular complexity index is 857. The molecule has 1 aromatic carbocycles. The highest BCUT2D eigenvalue weighted by molar-refractivity contribution is 14.0. The molecule has 170 valence electrons. The smallest absolute Gasteiger partial charge is 0.220 e. The molecule has 0 spiro atoms. The van der Waals surface area contributed by atoms with Crippen LogP contribution in [0, 0.1) is 12.8 Å². The van der Waals surface area contributed by atoms with Crippen molar-refractivity contribution in [2.45, 2.75) is 46.2 Å². The van der Waals surface area contributed by atoms with E-state index in [0.717, 1.165) is 50.8 Å². The zero-order valence-electron chi connectivity index (χ0n) is 18.8. The van der Waals surface area contributed by atoms with Crippen molar-refractivity contribution < 1.29 is 4.79 Å². The first kappa shape index (κ1) is 25.2. The predicted octanol–water partition coefficient (Wildman–Crippen LogP) is 3.17. The van der Waals surface area contributed by atoms with Crippen LogP contribution in [-0.2, 0) is 17.9 Å². The molecule has 1 fully saturated rings. The Kier molecular flexibility index (Phi) is 10.3. The number of aromatic nitrogens is 2. The van der Waals surface area contributed by atoms with Gasteiger partial charge in [0.1, 0.15) is 5.82 Å². The Hall–Kier alpha value is -2.10. The molecule has 0 bridgehead atoms. The molecule has 8 heteroatoms. The highest BCUT2D eigenvalue weighted by Gasteiger charge is 2.23. The van der Waals surface area contributed by atoms with Gasteiger partial charge in [-0.05, 0) is 43.7 Å². The number of hydrogen-bond donors (Lipinski definition) is 2. The molecule has 0 saturated carbocycles. The molecule has 1 aliphatic heterocycles. The Morgan fingerprint density at radius 2 is 2.00 bits per heavy atom. The molecule has 2 heterocycles. The topological polar surface area (TPSA) is 74.5 Å². The molecule has 7 nitrogen and oxygen atoms in total. The lowest BCUT2D eigenvalue weighted by atomic mass is 9.93. The first-order valence-corrected chi connectivity index (χ1v) is 10.9. The maximum atomic E-state index is 11.6. The lowest BCUT2D eigenvalue weighted by Gasteiger charge is -2.34. The number of nitrogens with one attached hydrogen (secondary N) is 2. The van der Waals surface area contributed by atoms with Crippen LogP contribution in [0.4, 0.5) is 0 Å². The van der Waals surface area contributed by atoms with E-state index in [1.54, 1.807) is 7.05 Å². The van der Waals surface area contributed by atoms with E-state index < -0.39 is 0 Å². The number of aliphatic imine (C=N–C) groups is 1. The molecular formula is C23H35IN6O. The van der Waals surface area contributed by atoms with Gasteiger partial charge in [0.2, 0.25) is 5.91 Å². The molecule has 1 saturated heterocycles. The van der Waals surface area contributed by atoms with Gasteiger partial charge in [-0.25, -0.2) is 9.98 Å². The summed E-state index contributed by atoms with van der Waals surface area (Å²) < 4.78 is 2.15. The largest absolute Gasteiger partial charge is 0.359 e. The number of amides is 1. The van der Waals surface area contributed by atoms with E-state index in [4.69, 9.17) is 4.99 Å². The molecule has 31 heavy (non-hydrogen) atoms. The van der Waals surface area contributed by atoms with Crippen molar-refractivity contribution in [2.75, 3.05) is 26.7 Å². The third-order valence-electron chi connectivity index (χ3n) is 5.68. The number of imidazole rings is 1. The monoisotopic (exact) mass is 538 g/mol. The van der Waals surface area contributed by atoms with Crippen LogP contribution in [0.3, 0.4) is 0 Å². The fourth-order valence-corrected chi connectivity index (χ4v) is 3.90.